The first-order chi connectivity index (χ1) is 18.6. The van der Waals surface area contributed by atoms with Gasteiger partial charge in [0.25, 0.3) is 5.91 Å². The smallest absolute Gasteiger partial charge is 0.312 e. The molecule has 3 aliphatic carbocycles. The fraction of sp³-hybridized carbons (Fsp3) is 0.690. The summed E-state index contributed by atoms with van der Waals surface area (Å²) in [6, 6.07) is 6.67. The highest BCUT2D eigenvalue weighted by atomic mass is 19.4. The molecule has 0 aromatic heterocycles. The van der Waals surface area contributed by atoms with E-state index < -0.39 is 29.8 Å². The molecule has 39 heavy (non-hydrogen) atoms. The molecule has 0 spiro atoms. The Morgan fingerprint density at radius 1 is 0.897 bits per heavy atom. The van der Waals surface area contributed by atoms with E-state index in [2.05, 4.69) is 16.0 Å². The van der Waals surface area contributed by atoms with Crippen LogP contribution in [0.25, 0.3) is 0 Å². The molecule has 1 unspecified atom stereocenters. The molecule has 4 fully saturated rings. The Morgan fingerprint density at radius 3 is 2.18 bits per heavy atom. The summed E-state index contributed by atoms with van der Waals surface area (Å²) in [4.78, 5) is 40.4. The van der Waals surface area contributed by atoms with Crippen molar-refractivity contribution in [2.24, 2.45) is 11.8 Å². The Labute approximate surface area is 226 Å². The molecule has 6 rings (SSSR count). The minimum absolute atomic E-state index is 0.0499. The van der Waals surface area contributed by atoms with Gasteiger partial charge in [0.05, 0.1) is 12.0 Å². The van der Waals surface area contributed by atoms with Gasteiger partial charge in [-0.1, -0.05) is 31.0 Å². The molecular formula is C29H37F3N4O3. The summed E-state index contributed by atoms with van der Waals surface area (Å²) < 4.78 is 39.7. The lowest BCUT2D eigenvalue weighted by molar-refractivity contribution is -0.204. The third kappa shape index (κ3) is 5.22. The third-order valence-electron chi connectivity index (χ3n) is 9.65. The molecule has 3 N–H and O–H groups in total. The molecule has 1 aromatic rings. The second-order valence-corrected chi connectivity index (χ2v) is 12.3. The Kier molecular flexibility index (Phi) is 6.98. The van der Waals surface area contributed by atoms with Crippen LogP contribution in [0.5, 0.6) is 0 Å². The maximum atomic E-state index is 13.9. The number of piperidine rings is 1. The number of fused-ring (bicyclic) bond motifs is 1. The van der Waals surface area contributed by atoms with Crippen LogP contribution >= 0.6 is 0 Å². The van der Waals surface area contributed by atoms with Crippen molar-refractivity contribution < 1.29 is 27.6 Å². The van der Waals surface area contributed by atoms with Gasteiger partial charge < -0.3 is 10.2 Å². The van der Waals surface area contributed by atoms with E-state index in [1.54, 1.807) is 4.90 Å². The monoisotopic (exact) mass is 546 g/mol. The van der Waals surface area contributed by atoms with Gasteiger partial charge in [-0.2, -0.15) is 13.2 Å². The Hall–Kier alpha value is -2.46. The lowest BCUT2D eigenvalue weighted by atomic mass is 9.77. The topological polar surface area (TPSA) is 90.5 Å². The van der Waals surface area contributed by atoms with Crippen LogP contribution in [0.1, 0.15) is 93.0 Å². The van der Waals surface area contributed by atoms with Gasteiger partial charge in [-0.3, -0.25) is 25.0 Å². The summed E-state index contributed by atoms with van der Waals surface area (Å²) in [5.74, 6) is -1.51. The summed E-state index contributed by atoms with van der Waals surface area (Å²) in [6.07, 6.45) is 3.84. The van der Waals surface area contributed by atoms with Gasteiger partial charge in [-0.25, -0.2) is 0 Å². The first-order valence-electron chi connectivity index (χ1n) is 14.5. The number of imide groups is 1. The van der Waals surface area contributed by atoms with Crippen LogP contribution < -0.4 is 16.0 Å². The van der Waals surface area contributed by atoms with Crippen molar-refractivity contribution in [2.45, 2.75) is 113 Å². The molecule has 2 aliphatic heterocycles. The van der Waals surface area contributed by atoms with Gasteiger partial charge in [0, 0.05) is 42.1 Å². The minimum Gasteiger partial charge on any atom is -0.312 e. The van der Waals surface area contributed by atoms with Gasteiger partial charge in [-0.05, 0) is 63.4 Å². The predicted molar refractivity (Wildman–Crippen MR) is 137 cm³/mol. The number of hydrogen-bond donors (Lipinski definition) is 3. The molecule has 7 nitrogen and oxygen atoms in total. The summed E-state index contributed by atoms with van der Waals surface area (Å²) in [7, 11) is 0. The Balaban J connectivity index is 1.22. The molecule has 0 bridgehead atoms. The number of nitrogens with one attached hydrogen (secondary N) is 3. The fourth-order valence-corrected chi connectivity index (χ4v) is 7.31. The van der Waals surface area contributed by atoms with Crippen LogP contribution in [0.3, 0.4) is 0 Å². The van der Waals surface area contributed by atoms with Crippen LogP contribution in [0.15, 0.2) is 24.3 Å². The molecule has 3 atom stereocenters. The highest BCUT2D eigenvalue weighted by molar-refractivity contribution is 6.03. The summed E-state index contributed by atoms with van der Waals surface area (Å²) >= 11 is 0. The van der Waals surface area contributed by atoms with E-state index in [9.17, 15) is 27.6 Å². The Bertz CT molecular complexity index is 1120. The summed E-state index contributed by atoms with van der Waals surface area (Å²) in [6.45, 7) is 0. The normalized spacial score (nSPS) is 33.6. The number of carbonyl (C=O) groups excluding carboxylic acids is 3. The first kappa shape index (κ1) is 26.7. The van der Waals surface area contributed by atoms with E-state index >= 15 is 0 Å². The van der Waals surface area contributed by atoms with Crippen molar-refractivity contribution in [3.63, 3.8) is 0 Å². The van der Waals surface area contributed by atoms with Crippen LogP contribution in [0.2, 0.25) is 0 Å². The zero-order chi connectivity index (χ0) is 27.4. The molecule has 212 valence electrons. The van der Waals surface area contributed by atoms with E-state index in [0.717, 1.165) is 37.7 Å². The largest absolute Gasteiger partial charge is 0.393 e. The van der Waals surface area contributed by atoms with Crippen molar-refractivity contribution in [1.82, 2.24) is 20.9 Å². The predicted octanol–water partition coefficient (Wildman–Crippen LogP) is 4.12. The number of hydrogen-bond acceptors (Lipinski definition) is 5. The minimum atomic E-state index is -4.15. The van der Waals surface area contributed by atoms with Gasteiger partial charge in [0.15, 0.2) is 0 Å². The Morgan fingerprint density at radius 2 is 1.56 bits per heavy atom. The average Bonchev–Trinajstić information content (AvgIpc) is 3.65. The lowest BCUT2D eigenvalue weighted by Gasteiger charge is -2.48. The molecule has 5 aliphatic rings. The zero-order valence-electron chi connectivity index (χ0n) is 22.1. The van der Waals surface area contributed by atoms with Crippen molar-refractivity contribution in [3.8, 4) is 0 Å². The van der Waals surface area contributed by atoms with Crippen LogP contribution in [-0.2, 0) is 15.3 Å². The number of alkyl halides is 3. The maximum Gasteiger partial charge on any atom is 0.393 e. The van der Waals surface area contributed by atoms with Gasteiger partial charge in [0.2, 0.25) is 11.8 Å². The second-order valence-electron chi connectivity index (χ2n) is 12.3. The maximum absolute atomic E-state index is 13.9. The standard InChI is InChI=1S/C29H37F3N4O3/c30-29(31,32)23-11-12-24(23)33-18-7-9-19(10-8-18)35-28(14-13-17-5-6-17)22-4-2-1-3-21(22)27(39)36(28)20-15-25(37)34-26(38)16-20/h1-4,17-20,23-24,33,35H,5-16H2,(H,34,37,38)/t18?,19?,23-,24-,28?/m0/s1. The average molecular weight is 547 g/mol. The van der Waals surface area contributed by atoms with Crippen LogP contribution in [-0.4, -0.2) is 53.0 Å². The SMILES string of the molecule is O=C1CC(N2C(=O)c3ccccc3C2(CCC2CC2)NC2CCC(N[C@H]3CC[C@@H]3C(F)(F)F)CC2)CC(=O)N1. The quantitative estimate of drug-likeness (QED) is 0.427. The highest BCUT2D eigenvalue weighted by Gasteiger charge is 2.55. The van der Waals surface area contributed by atoms with Crippen molar-refractivity contribution in [1.29, 1.82) is 0 Å². The molecule has 0 radical (unpaired) electrons. The van der Waals surface area contributed by atoms with E-state index in [1.165, 1.54) is 12.8 Å². The molecule has 2 heterocycles. The van der Waals surface area contributed by atoms with E-state index in [1.807, 2.05) is 24.3 Å². The third-order valence-corrected chi connectivity index (χ3v) is 9.65. The van der Waals surface area contributed by atoms with Gasteiger partial charge in [-0.15, -0.1) is 0 Å². The molecule has 3 saturated carbocycles. The van der Waals surface area contributed by atoms with Crippen LogP contribution in [0, 0.1) is 11.8 Å². The van der Waals surface area contributed by atoms with Crippen LogP contribution in [0.4, 0.5) is 13.2 Å². The van der Waals surface area contributed by atoms with Crippen molar-refractivity contribution in [2.75, 3.05) is 0 Å². The van der Waals surface area contributed by atoms with E-state index in [4.69, 9.17) is 0 Å². The lowest BCUT2D eigenvalue weighted by Crippen LogP contribution is -2.63. The van der Waals surface area contributed by atoms with Gasteiger partial charge >= 0.3 is 6.18 Å². The van der Waals surface area contributed by atoms with Crippen molar-refractivity contribution in [3.05, 3.63) is 35.4 Å². The van der Waals surface area contributed by atoms with Crippen molar-refractivity contribution >= 4 is 17.7 Å². The number of carbonyl (C=O) groups is 3. The fourth-order valence-electron chi connectivity index (χ4n) is 7.31. The summed E-state index contributed by atoms with van der Waals surface area (Å²) in [5, 5.41) is 9.52. The second kappa shape index (κ2) is 10.2. The zero-order valence-corrected chi connectivity index (χ0v) is 22.1. The first-order valence-corrected chi connectivity index (χ1v) is 14.5. The molecular weight excluding hydrogens is 509 g/mol. The van der Waals surface area contributed by atoms with E-state index in [0.29, 0.717) is 24.3 Å². The number of nitrogens with zero attached hydrogens (tertiary/aromatic N) is 1. The number of halogens is 3. The molecule has 1 aromatic carbocycles. The number of amides is 3. The van der Waals surface area contributed by atoms with E-state index in [-0.39, 0.29) is 49.1 Å². The number of benzene rings is 1. The molecule has 1 saturated heterocycles. The summed E-state index contributed by atoms with van der Waals surface area (Å²) in [5.41, 5.74) is 0.689. The number of rotatable bonds is 8. The van der Waals surface area contributed by atoms with Gasteiger partial charge in [0.1, 0.15) is 5.66 Å². The highest BCUT2D eigenvalue weighted by Crippen LogP contribution is 2.47. The molecule has 10 heteroatoms. The molecule has 3 amide bonds.